The van der Waals surface area contributed by atoms with Crippen molar-refractivity contribution in [1.29, 1.82) is 0 Å². The molecule has 0 spiro atoms. The second-order valence-corrected chi connectivity index (χ2v) is 4.39. The molecule has 0 aliphatic carbocycles. The molecule has 0 aromatic rings. The summed E-state index contributed by atoms with van der Waals surface area (Å²) < 4.78 is 4.99. The Hall–Kier alpha value is -0.810. The number of nitrogens with one attached hydrogen (secondary N) is 1. The Bertz CT molecular complexity index is 162. The van der Waals surface area contributed by atoms with Crippen molar-refractivity contribution in [1.82, 2.24) is 10.3 Å². The zero-order valence-electron chi connectivity index (χ0n) is 10.8. The van der Waals surface area contributed by atoms with E-state index in [0.29, 0.717) is 6.54 Å². The molecule has 0 fully saturated rings. The van der Waals surface area contributed by atoms with E-state index in [2.05, 4.69) is 5.32 Å². The Morgan fingerprint density at radius 2 is 1.80 bits per heavy atom. The van der Waals surface area contributed by atoms with E-state index >= 15 is 0 Å². The van der Waals surface area contributed by atoms with Gasteiger partial charge in [0.1, 0.15) is 5.60 Å². The van der Waals surface area contributed by atoms with Crippen LogP contribution in [0, 0.1) is 0 Å². The Labute approximate surface area is 92.9 Å². The summed E-state index contributed by atoms with van der Waals surface area (Å²) in [6.07, 6.45) is 0.596. The summed E-state index contributed by atoms with van der Waals surface area (Å²) in [5.74, 6) is 4.94. The molecule has 0 saturated heterocycles. The van der Waals surface area contributed by atoms with Gasteiger partial charge in [-0.15, -0.1) is 0 Å². The molecule has 0 aliphatic heterocycles. The molecule has 1 amide bonds. The molecule has 92 valence electrons. The number of carbonyl (C=O) groups excluding carboxylic acids is 1. The molecule has 15 heavy (non-hydrogen) atoms. The van der Waals surface area contributed by atoms with Crippen LogP contribution in [0.25, 0.3) is 0 Å². The maximum absolute atomic E-state index is 10.9. The molecule has 0 rings (SSSR count). The van der Waals surface area contributed by atoms with Crippen LogP contribution in [0.15, 0.2) is 0 Å². The largest absolute Gasteiger partial charge is 0.444 e. The van der Waals surface area contributed by atoms with Gasteiger partial charge in [0.05, 0.1) is 0 Å². The lowest BCUT2D eigenvalue weighted by Gasteiger charge is -2.19. The van der Waals surface area contributed by atoms with Crippen LogP contribution in [-0.2, 0) is 4.74 Å². The first-order valence-electron chi connectivity index (χ1n) is 5.08. The van der Waals surface area contributed by atoms with Crippen molar-refractivity contribution in [2.24, 2.45) is 5.84 Å². The molecule has 0 aromatic carbocycles. The van der Waals surface area contributed by atoms with Gasteiger partial charge in [0.2, 0.25) is 0 Å². The highest BCUT2D eigenvalue weighted by molar-refractivity contribution is 5.67. The fourth-order valence-corrected chi connectivity index (χ4v) is 0.541. The van der Waals surface area contributed by atoms with Gasteiger partial charge in [0, 0.05) is 20.6 Å². The number of hydrogen-bond donors (Lipinski definition) is 2. The lowest BCUT2D eigenvalue weighted by atomic mass is 10.2. The monoisotopic (exact) mass is 219 g/mol. The second-order valence-electron chi connectivity index (χ2n) is 4.39. The number of hydrogen-bond acceptors (Lipinski definition) is 4. The lowest BCUT2D eigenvalue weighted by Crippen LogP contribution is -2.32. The average Bonchev–Trinajstić information content (AvgIpc) is 1.96. The highest BCUT2D eigenvalue weighted by Crippen LogP contribution is 2.05. The number of rotatable bonds is 2. The molecule has 0 heterocycles. The van der Waals surface area contributed by atoms with E-state index in [1.807, 2.05) is 27.7 Å². The highest BCUT2D eigenvalue weighted by Gasteiger charge is 2.14. The first kappa shape index (κ1) is 16.6. The Kier molecular flexibility index (Phi) is 9.41. The summed E-state index contributed by atoms with van der Waals surface area (Å²) in [6, 6.07) is 0. The van der Waals surface area contributed by atoms with Gasteiger partial charge >= 0.3 is 6.09 Å². The smallest absolute Gasteiger partial charge is 0.407 e. The molecule has 0 atom stereocenters. The van der Waals surface area contributed by atoms with E-state index in [1.54, 1.807) is 14.1 Å². The first-order valence-corrected chi connectivity index (χ1v) is 5.08. The third-order valence-corrected chi connectivity index (χ3v) is 0.918. The molecule has 0 bridgehead atoms. The van der Waals surface area contributed by atoms with E-state index < -0.39 is 5.60 Å². The Morgan fingerprint density at radius 1 is 1.40 bits per heavy atom. The van der Waals surface area contributed by atoms with Crippen molar-refractivity contribution < 1.29 is 9.53 Å². The van der Waals surface area contributed by atoms with Gasteiger partial charge in [-0.3, -0.25) is 10.9 Å². The number of nitrogens with two attached hydrogens (primary N) is 1. The summed E-state index contributed by atoms with van der Waals surface area (Å²) in [5.41, 5.74) is -0.391. The van der Waals surface area contributed by atoms with Gasteiger partial charge in [0.25, 0.3) is 0 Å². The second kappa shape index (κ2) is 8.49. The maximum atomic E-state index is 10.9. The average molecular weight is 219 g/mol. The van der Waals surface area contributed by atoms with Gasteiger partial charge in [-0.25, -0.2) is 4.79 Å². The zero-order chi connectivity index (χ0) is 12.5. The van der Waals surface area contributed by atoms with Crippen LogP contribution in [0.4, 0.5) is 4.79 Å². The van der Waals surface area contributed by atoms with Gasteiger partial charge < -0.3 is 10.1 Å². The van der Waals surface area contributed by atoms with Crippen molar-refractivity contribution in [3.8, 4) is 0 Å². The molecule has 0 unspecified atom stereocenters. The van der Waals surface area contributed by atoms with Crippen LogP contribution >= 0.6 is 0 Å². The molecule has 0 radical (unpaired) electrons. The molecule has 5 nitrogen and oxygen atoms in total. The highest BCUT2D eigenvalue weighted by atomic mass is 16.6. The number of alkyl carbamates (subject to hydrolysis) is 1. The molecule has 3 N–H and O–H groups in total. The third kappa shape index (κ3) is 24.6. The number of hydrazine groups is 1. The number of ether oxygens (including phenoxy) is 1. The van der Waals surface area contributed by atoms with Crippen molar-refractivity contribution in [3.63, 3.8) is 0 Å². The summed E-state index contributed by atoms with van der Waals surface area (Å²) >= 11 is 0. The predicted octanol–water partition coefficient (Wildman–Crippen LogP) is 1.34. The van der Waals surface area contributed by atoms with Crippen molar-refractivity contribution in [3.05, 3.63) is 0 Å². The molecular weight excluding hydrogens is 194 g/mol. The summed E-state index contributed by atoms with van der Waals surface area (Å²) in [7, 11) is 3.56. The minimum atomic E-state index is -0.391. The SMILES string of the molecule is CCCNC(=O)OC(C)(C)C.CN(C)N. The van der Waals surface area contributed by atoms with Gasteiger partial charge in [-0.05, 0) is 27.2 Å². The topological polar surface area (TPSA) is 67.6 Å². The summed E-state index contributed by atoms with van der Waals surface area (Å²) in [4.78, 5) is 10.9. The molecular formula is C10H25N3O2. The van der Waals surface area contributed by atoms with Crippen molar-refractivity contribution in [2.75, 3.05) is 20.6 Å². The van der Waals surface area contributed by atoms with E-state index in [1.165, 1.54) is 5.01 Å². The van der Waals surface area contributed by atoms with E-state index in [-0.39, 0.29) is 6.09 Å². The third-order valence-electron chi connectivity index (χ3n) is 0.918. The zero-order valence-corrected chi connectivity index (χ0v) is 10.8. The van der Waals surface area contributed by atoms with Gasteiger partial charge in [0.15, 0.2) is 0 Å². The van der Waals surface area contributed by atoms with Crippen LogP contribution < -0.4 is 11.2 Å². The standard InChI is InChI=1S/C8H17NO2.C2H8N2/c1-5-6-9-7(10)11-8(2,3)4;1-4(2)3/h5-6H2,1-4H3,(H,9,10);3H2,1-2H3. The van der Waals surface area contributed by atoms with Crippen molar-refractivity contribution >= 4 is 6.09 Å². The Morgan fingerprint density at radius 3 is 2.07 bits per heavy atom. The van der Waals surface area contributed by atoms with E-state index in [9.17, 15) is 4.79 Å². The van der Waals surface area contributed by atoms with Crippen molar-refractivity contribution in [2.45, 2.75) is 39.7 Å². The molecule has 0 aromatic heterocycles. The predicted molar refractivity (Wildman–Crippen MR) is 62.4 cm³/mol. The van der Waals surface area contributed by atoms with Gasteiger partial charge in [-0.1, -0.05) is 6.92 Å². The van der Waals surface area contributed by atoms with Gasteiger partial charge in [-0.2, -0.15) is 0 Å². The van der Waals surface area contributed by atoms with E-state index in [4.69, 9.17) is 10.6 Å². The maximum Gasteiger partial charge on any atom is 0.407 e. The molecule has 5 heteroatoms. The quantitative estimate of drug-likeness (QED) is 0.543. The summed E-state index contributed by atoms with van der Waals surface area (Å²) in [6.45, 7) is 8.21. The fraction of sp³-hybridized carbons (Fsp3) is 0.900. The van der Waals surface area contributed by atoms with Crippen LogP contribution in [0.5, 0.6) is 0 Å². The van der Waals surface area contributed by atoms with Crippen LogP contribution in [-0.4, -0.2) is 37.3 Å². The molecule has 0 aliphatic rings. The van der Waals surface area contributed by atoms with Crippen LogP contribution in [0.3, 0.4) is 0 Å². The first-order chi connectivity index (χ1) is 6.69. The Balaban J connectivity index is 0. The normalized spacial score (nSPS) is 10.4. The summed E-state index contributed by atoms with van der Waals surface area (Å²) in [5, 5.41) is 4.13. The van der Waals surface area contributed by atoms with Crippen LogP contribution in [0.1, 0.15) is 34.1 Å². The molecule has 0 saturated carbocycles. The minimum absolute atomic E-state index is 0.334. The number of nitrogens with zero attached hydrogens (tertiary/aromatic N) is 1. The van der Waals surface area contributed by atoms with Crippen LogP contribution in [0.2, 0.25) is 0 Å². The lowest BCUT2D eigenvalue weighted by molar-refractivity contribution is 0.0528. The minimum Gasteiger partial charge on any atom is -0.444 e. The van der Waals surface area contributed by atoms with E-state index in [0.717, 1.165) is 6.42 Å². The fourth-order valence-electron chi connectivity index (χ4n) is 0.541. The number of carbonyl (C=O) groups is 1. The number of amides is 1.